The average Bonchev–Trinajstić information content (AvgIpc) is 1.56. The number of benzene rings is 8. The predicted molar refractivity (Wildman–Crippen MR) is 569 cm³/mol. The third-order valence-corrected chi connectivity index (χ3v) is 25.1. The second-order valence-corrected chi connectivity index (χ2v) is 35.9. The summed E-state index contributed by atoms with van der Waals surface area (Å²) in [6.45, 7) is 21.3. The number of nitrogens with one attached hydrogen (secondary N) is 8. The van der Waals surface area contributed by atoms with Gasteiger partial charge in [0, 0.05) is 62.3 Å². The van der Waals surface area contributed by atoms with Gasteiger partial charge in [-0.05, 0) is 303 Å². The molecule has 3 saturated heterocycles. The van der Waals surface area contributed by atoms with Crippen LogP contribution in [-0.4, -0.2) is 276 Å². The van der Waals surface area contributed by atoms with Crippen molar-refractivity contribution in [3.63, 3.8) is 0 Å². The molecular weight excluding hydrogens is 1920 g/mol. The van der Waals surface area contributed by atoms with E-state index < -0.39 is 23.9 Å². The molecule has 40 nitrogen and oxygen atoms in total. The van der Waals surface area contributed by atoms with Crippen molar-refractivity contribution in [1.82, 2.24) is 99.3 Å². The number of H-pyrrole nitrogens is 8. The smallest absolute Gasteiger partial charge is 0.328 e. The number of rotatable bonds is 42. The zero-order valence-corrected chi connectivity index (χ0v) is 84.0. The minimum atomic E-state index is -1.03. The summed E-state index contributed by atoms with van der Waals surface area (Å²) < 4.78 is 48.2. The van der Waals surface area contributed by atoms with E-state index in [9.17, 15) is 43.5 Å². The highest BCUT2D eigenvalue weighted by atomic mass is 16.5. The summed E-state index contributed by atoms with van der Waals surface area (Å²) in [6.07, 6.45) is 19.2. The van der Waals surface area contributed by atoms with Gasteiger partial charge in [-0.3, -0.25) is 43.5 Å². The summed E-state index contributed by atoms with van der Waals surface area (Å²) in [5.41, 5.74) is 13.7. The number of hydrogen-bond donors (Lipinski definition) is 12. The summed E-state index contributed by atoms with van der Waals surface area (Å²) in [7, 11) is 3.94. The minimum Gasteiger partial charge on any atom is -0.493 e. The fourth-order valence-corrected chi connectivity index (χ4v) is 17.7. The van der Waals surface area contributed by atoms with Gasteiger partial charge in [0.05, 0.1) is 74.0 Å². The Balaban J connectivity index is 0.000000142. The molecule has 3 aliphatic rings. The first-order valence-electron chi connectivity index (χ1n) is 49.9. The molecular formula is C110H118N20O20. The number of carbonyl (C=O) groups is 4. The Morgan fingerprint density at radius 1 is 0.340 bits per heavy atom. The number of aromatic nitrogens is 16. The Morgan fingerprint density at radius 3 is 1.07 bits per heavy atom. The van der Waals surface area contributed by atoms with Crippen molar-refractivity contribution in [1.29, 1.82) is 0 Å². The maximum absolute atomic E-state index is 12.5. The fraction of sp³-hybridized carbons (Fsp3) is 0.309. The molecule has 0 aliphatic carbocycles. The van der Waals surface area contributed by atoms with Crippen LogP contribution in [0.1, 0.15) is 101 Å². The summed E-state index contributed by atoms with van der Waals surface area (Å²) in [5.74, 6) is 2.64. The topological polar surface area (TPSA) is 534 Å². The van der Waals surface area contributed by atoms with Gasteiger partial charge >= 0.3 is 23.9 Å². The molecule has 40 heteroatoms. The number of aryl methyl sites for hydroxylation is 2. The van der Waals surface area contributed by atoms with Crippen LogP contribution in [0.2, 0.25) is 0 Å². The standard InChI is InChI=1S/2C28H31N5O5.C28H29N5O5.C26H27N5O5/c1-2-37-23-16-19(7-8-20(23)26-31-27-25(28(36)32-26)29-17-30-27)21-15-18(6-10-24(34)35)5-9-22(21)38-14-13-33-11-3-4-12-33;2*1-2-37-23-16-19(6-7-22(23)26-31-27-25(28(36)32-26)29-17-30-27)20-13-18(5-8-24(34)35)14-21(15-20)38-12-11-33-9-3-4-10-33;1-4-35-21-14-17(7-8-18(21)24-29-25-23(26(34)30-24)27-15-28-25)19-13-16(6-10-22(32)33)5-9-20(19)36-12-11-31(2)3/h5,7-9,15-17H,2-4,6,10-14H2,1H3,(H,34,35)(H2,29,30,31,32,36);6-7,13-17H,2-5,8-12H2,1H3,(H,34,35)(H2,29,30,31,32,36);5-8,13-17H,2-4,9-12H2,1H3,(H,34,35)(H2,29,30,31,32,36);5-10,13-15H,4,11-12H2,1-3H3,(H,32,33)(H2,27,28,29,30,34)/b;;8-5+;10-6+. The first-order chi connectivity index (χ1) is 72.9. The molecule has 0 spiro atoms. The van der Waals surface area contributed by atoms with E-state index in [1.807, 2.05) is 186 Å². The highest BCUT2D eigenvalue weighted by Gasteiger charge is 2.25. The summed E-state index contributed by atoms with van der Waals surface area (Å²) in [4.78, 5) is 160. The van der Waals surface area contributed by atoms with Crippen LogP contribution in [-0.2, 0) is 32.0 Å². The molecule has 0 saturated carbocycles. The number of carboxylic acids is 4. The lowest BCUT2D eigenvalue weighted by atomic mass is 9.98. The van der Waals surface area contributed by atoms with Crippen molar-refractivity contribution < 1.29 is 77.5 Å². The van der Waals surface area contributed by atoms with Crippen molar-refractivity contribution in [2.75, 3.05) is 132 Å². The number of imidazole rings is 4. The molecule has 12 N–H and O–H groups in total. The van der Waals surface area contributed by atoms with E-state index in [0.717, 1.165) is 139 Å². The zero-order valence-electron chi connectivity index (χ0n) is 84.0. The van der Waals surface area contributed by atoms with E-state index in [2.05, 4.69) is 94.4 Å². The fourth-order valence-electron chi connectivity index (χ4n) is 17.7. The van der Waals surface area contributed by atoms with E-state index >= 15 is 0 Å². The number of ether oxygens (including phenoxy) is 8. The van der Waals surface area contributed by atoms with Crippen molar-refractivity contribution in [2.45, 2.75) is 91.9 Å². The normalized spacial score (nSPS) is 13.2. The van der Waals surface area contributed by atoms with Crippen LogP contribution in [0.3, 0.4) is 0 Å². The van der Waals surface area contributed by atoms with Gasteiger partial charge in [-0.2, -0.15) is 0 Å². The summed E-state index contributed by atoms with van der Waals surface area (Å²) in [5, 5.41) is 36.5. The van der Waals surface area contributed by atoms with Gasteiger partial charge in [0.1, 0.15) is 95.7 Å². The predicted octanol–water partition coefficient (Wildman–Crippen LogP) is 15.1. The average molecular weight is 2040 g/mol. The number of aliphatic carboxylic acids is 4. The number of likely N-dealkylation sites (tertiary alicyclic amines) is 3. The lowest BCUT2D eigenvalue weighted by Crippen LogP contribution is -2.25. The van der Waals surface area contributed by atoms with Crippen molar-refractivity contribution in [2.24, 2.45) is 0 Å². The number of aromatic amines is 8. The van der Waals surface area contributed by atoms with Crippen LogP contribution in [0.15, 0.2) is 202 Å². The third-order valence-electron chi connectivity index (χ3n) is 25.1. The van der Waals surface area contributed by atoms with Crippen LogP contribution >= 0.6 is 0 Å². The SMILES string of the molecule is CCOc1cc(-c2cc(/C=C/C(=O)O)cc(OCCN3CCCC3)c2)ccc1-c1nc2nc[nH]c2c(=O)[nH]1.CCOc1cc(-c2cc(/C=C/C(=O)O)ccc2OCCN(C)C)ccc1-c1nc2nc[nH]c2c(=O)[nH]1.CCOc1cc(-c2cc(CCC(=O)O)cc(OCCN3CCCC3)c2)ccc1-c1nc2nc[nH]c2c(=O)[nH]1.CCOc1cc(-c2cc(CCC(=O)O)ccc2OCCN2CCCC2)ccc1-c1nc2nc[nH]c2c(=O)[nH]1. The molecule has 19 rings (SSSR count). The second-order valence-electron chi connectivity index (χ2n) is 35.9. The van der Waals surface area contributed by atoms with Crippen molar-refractivity contribution in [3.05, 3.63) is 247 Å². The number of likely N-dealkylation sites (N-methyl/N-ethyl adjacent to an activating group) is 1. The Kier molecular flexibility index (Phi) is 35.7. The molecule has 0 amide bonds. The molecule has 0 unspecified atom stereocenters. The highest BCUT2D eigenvalue weighted by molar-refractivity contribution is 5.89. The number of fused-ring (bicyclic) bond motifs is 4. The van der Waals surface area contributed by atoms with Gasteiger partial charge in [-0.25, -0.2) is 49.5 Å². The Labute approximate surface area is 860 Å². The van der Waals surface area contributed by atoms with Gasteiger partial charge in [-0.15, -0.1) is 0 Å². The lowest BCUT2D eigenvalue weighted by molar-refractivity contribution is -0.138. The molecule has 8 aromatic carbocycles. The van der Waals surface area contributed by atoms with Crippen LogP contribution in [0, 0.1) is 0 Å². The Hall–Kier alpha value is -17.2. The van der Waals surface area contributed by atoms with Crippen LogP contribution in [0.4, 0.5) is 0 Å². The van der Waals surface area contributed by atoms with Gasteiger partial charge < -0.3 is 103 Å². The van der Waals surface area contributed by atoms with Gasteiger partial charge in [-0.1, -0.05) is 42.5 Å². The second kappa shape index (κ2) is 50.7. The molecule has 0 bridgehead atoms. The van der Waals surface area contributed by atoms with E-state index in [-0.39, 0.29) is 35.1 Å². The quantitative estimate of drug-likeness (QED) is 0.0158. The van der Waals surface area contributed by atoms with Crippen LogP contribution in [0.5, 0.6) is 46.0 Å². The van der Waals surface area contributed by atoms with Crippen LogP contribution in [0.25, 0.3) is 147 Å². The first kappa shape index (κ1) is 106. The van der Waals surface area contributed by atoms with Gasteiger partial charge in [0.2, 0.25) is 0 Å². The van der Waals surface area contributed by atoms with E-state index in [0.29, 0.717) is 207 Å². The van der Waals surface area contributed by atoms with Gasteiger partial charge in [0.15, 0.2) is 44.7 Å². The monoisotopic (exact) mass is 2040 g/mol. The molecule has 3 fully saturated rings. The van der Waals surface area contributed by atoms with Crippen molar-refractivity contribution >= 4 is 80.7 Å². The zero-order chi connectivity index (χ0) is 105. The molecule has 150 heavy (non-hydrogen) atoms. The van der Waals surface area contributed by atoms with Crippen LogP contribution < -0.4 is 60.1 Å². The first-order valence-corrected chi connectivity index (χ1v) is 49.9. The lowest BCUT2D eigenvalue weighted by Gasteiger charge is -2.18. The molecule has 8 aromatic heterocycles. The highest BCUT2D eigenvalue weighted by Crippen LogP contribution is 2.43. The van der Waals surface area contributed by atoms with Crippen molar-refractivity contribution in [3.8, 4) is 136 Å². The number of nitrogens with zero attached hydrogens (tertiary/aromatic N) is 12. The van der Waals surface area contributed by atoms with E-state index in [1.54, 1.807) is 12.1 Å². The van der Waals surface area contributed by atoms with Gasteiger partial charge in [0.25, 0.3) is 22.2 Å². The summed E-state index contributed by atoms with van der Waals surface area (Å²) in [6, 6.07) is 45.4. The number of hydrogen-bond acceptors (Lipinski definition) is 28. The Bertz CT molecular complexity index is 7790. The minimum absolute atomic E-state index is 0.0362. The van der Waals surface area contributed by atoms with E-state index in [4.69, 9.17) is 53.2 Å². The molecule has 0 radical (unpaired) electrons. The molecule has 16 aromatic rings. The maximum atomic E-state index is 12.5. The largest absolute Gasteiger partial charge is 0.493 e. The molecule has 11 heterocycles. The third kappa shape index (κ3) is 27.7. The molecule has 3 aliphatic heterocycles. The molecule has 0 atom stereocenters. The van der Waals surface area contributed by atoms with E-state index in [1.165, 1.54) is 69.9 Å². The number of carboxylic acid groups (broad SMARTS) is 4. The Morgan fingerprint density at radius 2 is 0.687 bits per heavy atom. The summed E-state index contributed by atoms with van der Waals surface area (Å²) >= 11 is 0. The maximum Gasteiger partial charge on any atom is 0.328 e. The molecule has 778 valence electrons.